The highest BCUT2D eigenvalue weighted by molar-refractivity contribution is 5.76. The third-order valence-electron chi connectivity index (χ3n) is 3.84. The van der Waals surface area contributed by atoms with Crippen molar-refractivity contribution in [3.05, 3.63) is 57.8 Å². The first-order chi connectivity index (χ1) is 10.2. The first-order valence-corrected chi connectivity index (χ1v) is 7.03. The van der Waals surface area contributed by atoms with Crippen molar-refractivity contribution in [1.29, 1.82) is 0 Å². The van der Waals surface area contributed by atoms with Gasteiger partial charge in [0.05, 0.1) is 10.9 Å². The van der Waals surface area contributed by atoms with Gasteiger partial charge >= 0.3 is 5.69 Å². The quantitative estimate of drug-likeness (QED) is 0.795. The number of H-pyrrole nitrogens is 1. The number of para-hydroxylation sites is 1. The van der Waals surface area contributed by atoms with Crippen molar-refractivity contribution in [2.75, 3.05) is 26.2 Å². The van der Waals surface area contributed by atoms with Gasteiger partial charge in [-0.1, -0.05) is 24.8 Å². The van der Waals surface area contributed by atoms with Gasteiger partial charge < -0.3 is 10.3 Å². The summed E-state index contributed by atoms with van der Waals surface area (Å²) in [5, 5.41) is 3.77. The van der Waals surface area contributed by atoms with E-state index in [1.54, 1.807) is 30.3 Å². The number of piperazine rings is 1. The van der Waals surface area contributed by atoms with E-state index in [1.807, 2.05) is 0 Å². The van der Waals surface area contributed by atoms with Gasteiger partial charge in [-0.25, -0.2) is 9.36 Å². The van der Waals surface area contributed by atoms with E-state index >= 15 is 0 Å². The van der Waals surface area contributed by atoms with Gasteiger partial charge in [0.2, 0.25) is 0 Å². The minimum Gasteiger partial charge on any atom is -0.314 e. The minimum atomic E-state index is -0.423. The fourth-order valence-corrected chi connectivity index (χ4v) is 2.78. The largest absolute Gasteiger partial charge is 0.330 e. The summed E-state index contributed by atoms with van der Waals surface area (Å²) >= 11 is 0. The number of hydrogen-bond acceptors (Lipinski definition) is 4. The van der Waals surface area contributed by atoms with Crippen molar-refractivity contribution in [3.63, 3.8) is 0 Å². The zero-order chi connectivity index (χ0) is 14.8. The van der Waals surface area contributed by atoms with E-state index in [9.17, 15) is 9.59 Å². The second-order valence-corrected chi connectivity index (χ2v) is 5.09. The molecule has 1 fully saturated rings. The molecule has 1 aromatic carbocycles. The van der Waals surface area contributed by atoms with Crippen molar-refractivity contribution < 1.29 is 0 Å². The van der Waals surface area contributed by atoms with E-state index in [-0.39, 0.29) is 5.56 Å². The molecule has 0 spiro atoms. The molecule has 0 aliphatic carbocycles. The van der Waals surface area contributed by atoms with Crippen LogP contribution in [0.15, 0.2) is 46.5 Å². The molecule has 0 saturated carbocycles. The summed E-state index contributed by atoms with van der Waals surface area (Å²) in [6.07, 6.45) is 1.23. The third kappa shape index (κ3) is 2.43. The van der Waals surface area contributed by atoms with Gasteiger partial charge in [-0.3, -0.25) is 9.69 Å². The Morgan fingerprint density at radius 3 is 2.62 bits per heavy atom. The molecule has 1 atom stereocenters. The van der Waals surface area contributed by atoms with Crippen LogP contribution in [0.3, 0.4) is 0 Å². The minimum absolute atomic E-state index is 0.280. The van der Waals surface area contributed by atoms with Crippen molar-refractivity contribution in [3.8, 4) is 0 Å². The van der Waals surface area contributed by atoms with Crippen LogP contribution < -0.4 is 16.6 Å². The number of benzene rings is 1. The van der Waals surface area contributed by atoms with Gasteiger partial charge in [-0.2, -0.15) is 0 Å². The fourth-order valence-electron chi connectivity index (χ4n) is 2.78. The van der Waals surface area contributed by atoms with E-state index in [0.29, 0.717) is 10.9 Å². The molecule has 1 aromatic heterocycles. The highest BCUT2D eigenvalue weighted by Crippen LogP contribution is 2.12. The topological polar surface area (TPSA) is 70.1 Å². The molecule has 2 aromatic rings. The first-order valence-electron chi connectivity index (χ1n) is 7.03. The summed E-state index contributed by atoms with van der Waals surface area (Å²) < 4.78 is 1.25. The van der Waals surface area contributed by atoms with Crippen molar-refractivity contribution in [1.82, 2.24) is 19.8 Å². The number of aromatic nitrogens is 2. The van der Waals surface area contributed by atoms with E-state index in [1.165, 1.54) is 4.57 Å². The van der Waals surface area contributed by atoms with Gasteiger partial charge in [-0.15, -0.1) is 0 Å². The maximum atomic E-state index is 12.6. The Morgan fingerprint density at radius 1 is 1.19 bits per heavy atom. The van der Waals surface area contributed by atoms with Crippen LogP contribution >= 0.6 is 0 Å². The lowest BCUT2D eigenvalue weighted by Gasteiger charge is -2.33. The van der Waals surface area contributed by atoms with Gasteiger partial charge in [0.25, 0.3) is 5.56 Å². The molecule has 6 heteroatoms. The molecule has 0 bridgehead atoms. The maximum Gasteiger partial charge on any atom is 0.330 e. The number of aromatic amines is 1. The molecule has 3 rings (SSSR count). The Balaban J connectivity index is 2.16. The summed E-state index contributed by atoms with van der Waals surface area (Å²) in [5.74, 6) is 0. The standard InChI is InChI=1S/C15H18N4O2/c1-2-13(18-9-7-16-8-10-18)19-14(20)11-5-3-4-6-12(11)17-15(19)21/h2-6,13,16H,1,7-10H2,(H,17,21). The highest BCUT2D eigenvalue weighted by atomic mass is 16.2. The van der Waals surface area contributed by atoms with Gasteiger partial charge in [0, 0.05) is 26.2 Å². The normalized spacial score (nSPS) is 17.7. The maximum absolute atomic E-state index is 12.6. The molecule has 0 radical (unpaired) electrons. The molecule has 6 nitrogen and oxygen atoms in total. The van der Waals surface area contributed by atoms with Crippen LogP contribution in [0.25, 0.3) is 10.9 Å². The number of hydrogen-bond donors (Lipinski definition) is 2. The van der Waals surface area contributed by atoms with Crippen LogP contribution in [0.1, 0.15) is 6.17 Å². The SMILES string of the molecule is C=CC(N1CCNCC1)n1c(=O)[nH]c2ccccc2c1=O. The predicted octanol–water partition coefficient (Wildman–Crippen LogP) is 0.280. The number of nitrogens with one attached hydrogen (secondary N) is 2. The molecule has 2 heterocycles. The average Bonchev–Trinajstić information content (AvgIpc) is 2.52. The summed E-state index contributed by atoms with van der Waals surface area (Å²) in [6, 6.07) is 7.04. The van der Waals surface area contributed by atoms with Crippen LogP contribution in [-0.2, 0) is 0 Å². The lowest BCUT2D eigenvalue weighted by atomic mass is 10.2. The average molecular weight is 286 g/mol. The lowest BCUT2D eigenvalue weighted by molar-refractivity contribution is 0.151. The van der Waals surface area contributed by atoms with Crippen LogP contribution in [0.4, 0.5) is 0 Å². The Hall–Kier alpha value is -2.18. The Bertz CT molecular complexity index is 771. The third-order valence-corrected chi connectivity index (χ3v) is 3.84. The zero-order valence-electron chi connectivity index (χ0n) is 11.7. The molecule has 1 saturated heterocycles. The van der Waals surface area contributed by atoms with E-state index in [0.717, 1.165) is 26.2 Å². The van der Waals surface area contributed by atoms with Crippen LogP contribution in [0.5, 0.6) is 0 Å². The highest BCUT2D eigenvalue weighted by Gasteiger charge is 2.22. The number of fused-ring (bicyclic) bond motifs is 1. The summed E-state index contributed by atoms with van der Waals surface area (Å²) in [4.78, 5) is 29.8. The number of rotatable bonds is 3. The van der Waals surface area contributed by atoms with E-state index in [2.05, 4.69) is 21.8 Å². The van der Waals surface area contributed by atoms with Crippen LogP contribution in [0.2, 0.25) is 0 Å². The van der Waals surface area contributed by atoms with E-state index in [4.69, 9.17) is 0 Å². The second-order valence-electron chi connectivity index (χ2n) is 5.09. The Kier molecular flexibility index (Phi) is 3.72. The van der Waals surface area contributed by atoms with E-state index < -0.39 is 11.9 Å². The predicted molar refractivity (Wildman–Crippen MR) is 82.5 cm³/mol. The molecule has 21 heavy (non-hydrogen) atoms. The zero-order valence-corrected chi connectivity index (χ0v) is 11.7. The summed E-state index contributed by atoms with van der Waals surface area (Å²) in [5.41, 5.74) is -0.119. The summed E-state index contributed by atoms with van der Waals surface area (Å²) in [7, 11) is 0. The van der Waals surface area contributed by atoms with Crippen LogP contribution in [0, 0.1) is 0 Å². The van der Waals surface area contributed by atoms with Gasteiger partial charge in [-0.05, 0) is 12.1 Å². The van der Waals surface area contributed by atoms with Crippen molar-refractivity contribution in [2.24, 2.45) is 0 Å². The molecule has 1 aliphatic heterocycles. The number of nitrogens with zero attached hydrogens (tertiary/aromatic N) is 2. The second kappa shape index (κ2) is 5.67. The Labute approximate surface area is 121 Å². The monoisotopic (exact) mass is 286 g/mol. The molecular weight excluding hydrogens is 268 g/mol. The molecule has 2 N–H and O–H groups in total. The molecular formula is C15H18N4O2. The lowest BCUT2D eigenvalue weighted by Crippen LogP contribution is -2.50. The molecule has 110 valence electrons. The summed E-state index contributed by atoms with van der Waals surface area (Å²) in [6.45, 7) is 7.02. The molecule has 1 aliphatic rings. The van der Waals surface area contributed by atoms with Crippen molar-refractivity contribution >= 4 is 10.9 Å². The van der Waals surface area contributed by atoms with Crippen molar-refractivity contribution in [2.45, 2.75) is 6.17 Å². The molecule has 1 unspecified atom stereocenters. The van der Waals surface area contributed by atoms with Crippen LogP contribution in [-0.4, -0.2) is 40.6 Å². The van der Waals surface area contributed by atoms with Gasteiger partial charge in [0.1, 0.15) is 6.17 Å². The Morgan fingerprint density at radius 2 is 1.90 bits per heavy atom. The first kappa shape index (κ1) is 13.8. The fraction of sp³-hybridized carbons (Fsp3) is 0.333. The van der Waals surface area contributed by atoms with Gasteiger partial charge in [0.15, 0.2) is 0 Å². The molecule has 0 amide bonds. The smallest absolute Gasteiger partial charge is 0.314 e.